The van der Waals surface area contributed by atoms with Crippen molar-refractivity contribution in [3.8, 4) is 0 Å². The Morgan fingerprint density at radius 3 is 2.44 bits per heavy atom. The van der Waals surface area contributed by atoms with Gasteiger partial charge in [-0.2, -0.15) is 0 Å². The van der Waals surface area contributed by atoms with Crippen LogP contribution in [0.5, 0.6) is 0 Å². The Hall–Kier alpha value is -2.86. The summed E-state index contributed by atoms with van der Waals surface area (Å²) in [6.07, 6.45) is 0. The minimum Gasteiger partial charge on any atom is -0.399 e. The van der Waals surface area contributed by atoms with Gasteiger partial charge in [-0.05, 0) is 49.2 Å². The molecule has 1 aliphatic heterocycles. The molecule has 2 aromatic carbocycles. The summed E-state index contributed by atoms with van der Waals surface area (Å²) in [6.45, 7) is 6.91. The van der Waals surface area contributed by atoms with Crippen LogP contribution in [0.4, 0.5) is 11.4 Å². The number of amides is 2. The van der Waals surface area contributed by atoms with Crippen LogP contribution >= 0.6 is 0 Å². The van der Waals surface area contributed by atoms with Crippen molar-refractivity contribution in [1.29, 1.82) is 0 Å². The number of nitrogens with zero attached hydrogens (tertiary/aromatic N) is 2. The maximum absolute atomic E-state index is 12.6. The van der Waals surface area contributed by atoms with E-state index in [1.807, 2.05) is 36.9 Å². The number of benzene rings is 2. The summed E-state index contributed by atoms with van der Waals surface area (Å²) in [4.78, 5) is 28.8. The maximum atomic E-state index is 12.6. The van der Waals surface area contributed by atoms with Gasteiger partial charge < -0.3 is 16.0 Å². The highest BCUT2D eigenvalue weighted by atomic mass is 16.2. The van der Waals surface area contributed by atoms with E-state index in [0.29, 0.717) is 44.0 Å². The number of nitrogen functional groups attached to an aromatic ring is 1. The summed E-state index contributed by atoms with van der Waals surface area (Å²) in [5.74, 6) is -0.0407. The van der Waals surface area contributed by atoms with Crippen molar-refractivity contribution < 1.29 is 9.59 Å². The molecule has 1 heterocycles. The Morgan fingerprint density at radius 1 is 1.04 bits per heavy atom. The summed E-state index contributed by atoms with van der Waals surface area (Å²) >= 11 is 0. The van der Waals surface area contributed by atoms with Gasteiger partial charge in [0.05, 0.1) is 6.54 Å². The Balaban J connectivity index is 1.51. The number of nitrogens with two attached hydrogens (primary N) is 1. The van der Waals surface area contributed by atoms with Gasteiger partial charge in [0, 0.05) is 43.1 Å². The molecule has 0 spiro atoms. The molecule has 1 fully saturated rings. The molecule has 1 saturated heterocycles. The highest BCUT2D eigenvalue weighted by Crippen LogP contribution is 2.18. The molecule has 0 aromatic heterocycles. The van der Waals surface area contributed by atoms with Gasteiger partial charge >= 0.3 is 0 Å². The minimum absolute atomic E-state index is 0.0122. The van der Waals surface area contributed by atoms with Gasteiger partial charge in [-0.1, -0.05) is 18.2 Å². The number of carbonyl (C=O) groups is 2. The van der Waals surface area contributed by atoms with E-state index >= 15 is 0 Å². The van der Waals surface area contributed by atoms with E-state index in [1.165, 1.54) is 0 Å². The lowest BCUT2D eigenvalue weighted by molar-refractivity contribution is -0.117. The van der Waals surface area contributed by atoms with Crippen LogP contribution < -0.4 is 11.1 Å². The fourth-order valence-corrected chi connectivity index (χ4v) is 3.24. The van der Waals surface area contributed by atoms with Crippen LogP contribution in [0.15, 0.2) is 42.5 Å². The lowest BCUT2D eigenvalue weighted by atomic mass is 10.1. The second-order valence-electron chi connectivity index (χ2n) is 6.99. The predicted octanol–water partition coefficient (Wildman–Crippen LogP) is 2.28. The van der Waals surface area contributed by atoms with Gasteiger partial charge in [-0.15, -0.1) is 0 Å². The van der Waals surface area contributed by atoms with Crippen LogP contribution in [0.3, 0.4) is 0 Å². The fourth-order valence-electron chi connectivity index (χ4n) is 3.24. The quantitative estimate of drug-likeness (QED) is 0.814. The third kappa shape index (κ3) is 4.65. The number of rotatable bonds is 4. The standard InChI is InChI=1S/C21H26N4O2/c1-15-5-3-8-19(16(15)2)23-20(26)14-24-9-11-25(12-10-24)21(27)17-6-4-7-18(22)13-17/h3-8,13H,9-12,14,22H2,1-2H3,(H,23,26). The molecule has 0 atom stereocenters. The van der Waals surface area contributed by atoms with Crippen molar-refractivity contribution >= 4 is 23.2 Å². The largest absolute Gasteiger partial charge is 0.399 e. The first-order valence-corrected chi connectivity index (χ1v) is 9.17. The number of hydrogen-bond acceptors (Lipinski definition) is 4. The highest BCUT2D eigenvalue weighted by Gasteiger charge is 2.23. The predicted molar refractivity (Wildman–Crippen MR) is 108 cm³/mol. The number of piperazine rings is 1. The molecule has 3 rings (SSSR count). The summed E-state index contributed by atoms with van der Waals surface area (Å²) in [7, 11) is 0. The molecular weight excluding hydrogens is 340 g/mol. The minimum atomic E-state index is -0.0284. The molecule has 0 bridgehead atoms. The third-order valence-electron chi connectivity index (χ3n) is 5.04. The van der Waals surface area contributed by atoms with E-state index in [0.717, 1.165) is 16.8 Å². The van der Waals surface area contributed by atoms with Crippen molar-refractivity contribution in [2.75, 3.05) is 43.8 Å². The van der Waals surface area contributed by atoms with Gasteiger partial charge in [0.2, 0.25) is 5.91 Å². The van der Waals surface area contributed by atoms with Crippen molar-refractivity contribution in [2.24, 2.45) is 0 Å². The normalized spacial score (nSPS) is 14.8. The summed E-state index contributed by atoms with van der Waals surface area (Å²) in [5, 5.41) is 2.99. The maximum Gasteiger partial charge on any atom is 0.254 e. The average molecular weight is 366 g/mol. The van der Waals surface area contributed by atoms with Crippen molar-refractivity contribution in [2.45, 2.75) is 13.8 Å². The zero-order valence-electron chi connectivity index (χ0n) is 15.9. The van der Waals surface area contributed by atoms with Crippen LogP contribution in [0, 0.1) is 13.8 Å². The Labute approximate surface area is 159 Å². The first-order chi connectivity index (χ1) is 12.9. The molecule has 0 aliphatic carbocycles. The second-order valence-corrected chi connectivity index (χ2v) is 6.99. The SMILES string of the molecule is Cc1cccc(NC(=O)CN2CCN(C(=O)c3cccc(N)c3)CC2)c1C. The Morgan fingerprint density at radius 2 is 1.74 bits per heavy atom. The molecule has 27 heavy (non-hydrogen) atoms. The molecule has 3 N–H and O–H groups in total. The molecule has 142 valence electrons. The van der Waals surface area contributed by atoms with Crippen LogP contribution in [0.2, 0.25) is 0 Å². The lowest BCUT2D eigenvalue weighted by Crippen LogP contribution is -2.50. The zero-order chi connectivity index (χ0) is 19.4. The molecular formula is C21H26N4O2. The van der Waals surface area contributed by atoms with Crippen LogP contribution in [-0.4, -0.2) is 54.3 Å². The fraction of sp³-hybridized carbons (Fsp3) is 0.333. The molecule has 2 amide bonds. The number of anilines is 2. The van der Waals surface area contributed by atoms with Gasteiger partial charge in [-0.25, -0.2) is 0 Å². The third-order valence-corrected chi connectivity index (χ3v) is 5.04. The van der Waals surface area contributed by atoms with E-state index < -0.39 is 0 Å². The van der Waals surface area contributed by atoms with Gasteiger partial charge in [0.15, 0.2) is 0 Å². The second kappa shape index (κ2) is 8.22. The van der Waals surface area contributed by atoms with Gasteiger partial charge in [0.25, 0.3) is 5.91 Å². The smallest absolute Gasteiger partial charge is 0.254 e. The van der Waals surface area contributed by atoms with E-state index in [4.69, 9.17) is 5.73 Å². The molecule has 1 aliphatic rings. The average Bonchev–Trinajstić information content (AvgIpc) is 2.65. The van der Waals surface area contributed by atoms with E-state index in [1.54, 1.807) is 24.3 Å². The lowest BCUT2D eigenvalue weighted by Gasteiger charge is -2.34. The van der Waals surface area contributed by atoms with E-state index in [9.17, 15) is 9.59 Å². The molecule has 0 saturated carbocycles. The summed E-state index contributed by atoms with van der Waals surface area (Å²) < 4.78 is 0. The van der Waals surface area contributed by atoms with Crippen LogP contribution in [0.25, 0.3) is 0 Å². The van der Waals surface area contributed by atoms with Gasteiger partial charge in [-0.3, -0.25) is 14.5 Å². The molecule has 6 heteroatoms. The first-order valence-electron chi connectivity index (χ1n) is 9.17. The molecule has 0 unspecified atom stereocenters. The Kier molecular flexibility index (Phi) is 5.76. The van der Waals surface area contributed by atoms with Gasteiger partial charge in [0.1, 0.15) is 0 Å². The number of carbonyl (C=O) groups excluding carboxylic acids is 2. The molecule has 6 nitrogen and oxygen atoms in total. The monoisotopic (exact) mass is 366 g/mol. The van der Waals surface area contributed by atoms with E-state index in [-0.39, 0.29) is 11.8 Å². The summed E-state index contributed by atoms with van der Waals surface area (Å²) in [6, 6.07) is 12.9. The highest BCUT2D eigenvalue weighted by molar-refractivity contribution is 5.95. The number of hydrogen-bond donors (Lipinski definition) is 2. The zero-order valence-corrected chi connectivity index (χ0v) is 15.9. The first kappa shape index (κ1) is 18.9. The van der Waals surface area contributed by atoms with Crippen molar-refractivity contribution in [3.05, 3.63) is 59.2 Å². The number of aryl methyl sites for hydroxylation is 1. The van der Waals surface area contributed by atoms with E-state index in [2.05, 4.69) is 10.2 Å². The number of nitrogens with one attached hydrogen (secondary N) is 1. The molecule has 2 aromatic rings. The topological polar surface area (TPSA) is 78.7 Å². The van der Waals surface area contributed by atoms with Crippen molar-refractivity contribution in [3.63, 3.8) is 0 Å². The van der Waals surface area contributed by atoms with Crippen molar-refractivity contribution in [1.82, 2.24) is 9.80 Å². The van der Waals surface area contributed by atoms with Crippen LogP contribution in [-0.2, 0) is 4.79 Å². The Bertz CT molecular complexity index is 842. The summed E-state index contributed by atoms with van der Waals surface area (Å²) in [5.41, 5.74) is 10.1. The molecule has 0 radical (unpaired) electrons. The van der Waals surface area contributed by atoms with Crippen LogP contribution in [0.1, 0.15) is 21.5 Å².